The summed E-state index contributed by atoms with van der Waals surface area (Å²) in [6.45, 7) is 6.17. The highest BCUT2D eigenvalue weighted by Crippen LogP contribution is 2.19. The van der Waals surface area contributed by atoms with Gasteiger partial charge in [-0.25, -0.2) is 13.1 Å². The lowest BCUT2D eigenvalue weighted by atomic mass is 10.2. The molecule has 0 amide bonds. The van der Waals surface area contributed by atoms with Gasteiger partial charge in [0, 0.05) is 30.0 Å². The molecular weight excluding hydrogens is 308 g/mol. The summed E-state index contributed by atoms with van der Waals surface area (Å²) in [4.78, 5) is 1.38. The van der Waals surface area contributed by atoms with E-state index in [0.29, 0.717) is 18.0 Å². The number of hydrogen-bond acceptors (Lipinski definition) is 5. The molecular formula is C14H26N2O3S2. The quantitative estimate of drug-likeness (QED) is 0.610. The summed E-state index contributed by atoms with van der Waals surface area (Å²) in [7, 11) is -1.88. The predicted molar refractivity (Wildman–Crippen MR) is 87.2 cm³/mol. The smallest absolute Gasteiger partial charge is 0.241 e. The van der Waals surface area contributed by atoms with E-state index in [1.165, 1.54) is 11.3 Å². The Morgan fingerprint density at radius 3 is 2.71 bits per heavy atom. The van der Waals surface area contributed by atoms with Crippen molar-refractivity contribution in [3.63, 3.8) is 0 Å². The summed E-state index contributed by atoms with van der Waals surface area (Å²) in [6, 6.07) is 1.57. The maximum atomic E-state index is 12.4. The predicted octanol–water partition coefficient (Wildman–Crippen LogP) is 2.34. The van der Waals surface area contributed by atoms with Crippen LogP contribution in [0.5, 0.6) is 0 Å². The van der Waals surface area contributed by atoms with Crippen molar-refractivity contribution in [3.05, 3.63) is 16.3 Å². The zero-order valence-corrected chi connectivity index (χ0v) is 14.6. The van der Waals surface area contributed by atoms with E-state index in [-0.39, 0.29) is 6.04 Å². The van der Waals surface area contributed by atoms with Crippen molar-refractivity contribution < 1.29 is 13.2 Å². The monoisotopic (exact) mass is 334 g/mol. The number of methoxy groups -OCH3 is 1. The molecule has 2 N–H and O–H groups in total. The van der Waals surface area contributed by atoms with Gasteiger partial charge in [-0.05, 0) is 25.5 Å². The molecule has 0 saturated carbocycles. The fourth-order valence-electron chi connectivity index (χ4n) is 2.00. The first-order valence-electron chi connectivity index (χ1n) is 7.32. The Hall–Kier alpha value is -0.470. The topological polar surface area (TPSA) is 67.4 Å². The van der Waals surface area contributed by atoms with Gasteiger partial charge in [0.25, 0.3) is 0 Å². The van der Waals surface area contributed by atoms with Crippen molar-refractivity contribution in [1.29, 1.82) is 0 Å². The highest BCUT2D eigenvalue weighted by Gasteiger charge is 2.20. The molecule has 0 aliphatic heterocycles. The summed E-state index contributed by atoms with van der Waals surface area (Å²) < 4.78 is 32.5. The molecule has 0 bridgehead atoms. The molecule has 1 aromatic heterocycles. The second-order valence-corrected chi connectivity index (χ2v) is 7.70. The van der Waals surface area contributed by atoms with Crippen molar-refractivity contribution in [3.8, 4) is 0 Å². The Labute approximate surface area is 132 Å². The van der Waals surface area contributed by atoms with Gasteiger partial charge in [0.2, 0.25) is 10.0 Å². The van der Waals surface area contributed by atoms with Crippen LogP contribution in [0.3, 0.4) is 0 Å². The standard InChI is InChI=1S/C14H26N2O3S2/c1-4-6-12(10-19-3)16-21(17,18)14-8-13(20-11-14)9-15-7-5-2/h8,11-12,15-16H,4-7,9-10H2,1-3H3. The summed E-state index contributed by atoms with van der Waals surface area (Å²) >= 11 is 1.47. The van der Waals surface area contributed by atoms with Crippen molar-refractivity contribution in [2.75, 3.05) is 20.3 Å². The third-order valence-electron chi connectivity index (χ3n) is 2.99. The third kappa shape index (κ3) is 6.44. The number of thiophene rings is 1. The van der Waals surface area contributed by atoms with E-state index in [1.54, 1.807) is 18.6 Å². The number of hydrogen-bond donors (Lipinski definition) is 2. The average molecular weight is 335 g/mol. The van der Waals surface area contributed by atoms with E-state index in [9.17, 15) is 8.42 Å². The van der Waals surface area contributed by atoms with Gasteiger partial charge < -0.3 is 10.1 Å². The van der Waals surface area contributed by atoms with Gasteiger partial charge in [-0.15, -0.1) is 11.3 Å². The highest BCUT2D eigenvalue weighted by molar-refractivity contribution is 7.89. The van der Waals surface area contributed by atoms with Crippen LogP contribution in [0.2, 0.25) is 0 Å². The van der Waals surface area contributed by atoms with E-state index >= 15 is 0 Å². The van der Waals surface area contributed by atoms with E-state index < -0.39 is 10.0 Å². The maximum absolute atomic E-state index is 12.4. The van der Waals surface area contributed by atoms with Crippen molar-refractivity contribution >= 4 is 21.4 Å². The second-order valence-electron chi connectivity index (χ2n) is 4.99. The molecule has 1 aromatic rings. The van der Waals surface area contributed by atoms with Crippen molar-refractivity contribution in [1.82, 2.24) is 10.0 Å². The van der Waals surface area contributed by atoms with Gasteiger partial charge in [-0.1, -0.05) is 20.3 Å². The first-order valence-corrected chi connectivity index (χ1v) is 9.69. The molecule has 122 valence electrons. The second kappa shape index (κ2) is 9.53. The van der Waals surface area contributed by atoms with E-state index in [1.807, 2.05) is 6.92 Å². The van der Waals surface area contributed by atoms with Crippen LogP contribution in [-0.4, -0.2) is 34.7 Å². The van der Waals surface area contributed by atoms with Crippen LogP contribution in [0, 0.1) is 0 Å². The molecule has 5 nitrogen and oxygen atoms in total. The van der Waals surface area contributed by atoms with Crippen LogP contribution in [-0.2, 0) is 21.3 Å². The SMILES string of the molecule is CCCNCc1cc(S(=O)(=O)NC(CCC)COC)cs1. The minimum absolute atomic E-state index is 0.174. The molecule has 0 spiro atoms. The van der Waals surface area contributed by atoms with E-state index in [0.717, 1.165) is 30.7 Å². The van der Waals surface area contributed by atoms with Crippen LogP contribution in [0.15, 0.2) is 16.3 Å². The van der Waals surface area contributed by atoms with Crippen LogP contribution < -0.4 is 10.0 Å². The fourth-order valence-corrected chi connectivity index (χ4v) is 4.50. The minimum Gasteiger partial charge on any atom is -0.383 e. The van der Waals surface area contributed by atoms with Crippen LogP contribution >= 0.6 is 11.3 Å². The molecule has 0 aromatic carbocycles. The third-order valence-corrected chi connectivity index (χ3v) is 5.58. The minimum atomic E-state index is -3.46. The van der Waals surface area contributed by atoms with E-state index in [4.69, 9.17) is 4.74 Å². The molecule has 0 aliphatic rings. The lowest BCUT2D eigenvalue weighted by Gasteiger charge is -2.16. The van der Waals surface area contributed by atoms with Gasteiger partial charge >= 0.3 is 0 Å². The molecule has 0 radical (unpaired) electrons. The van der Waals surface area contributed by atoms with Gasteiger partial charge in [-0.3, -0.25) is 0 Å². The largest absolute Gasteiger partial charge is 0.383 e. The normalized spacial score (nSPS) is 13.5. The molecule has 1 rings (SSSR count). The summed E-state index contributed by atoms with van der Waals surface area (Å²) in [6.07, 6.45) is 2.74. The summed E-state index contributed by atoms with van der Waals surface area (Å²) in [5, 5.41) is 4.97. The zero-order chi connectivity index (χ0) is 15.7. The summed E-state index contributed by atoms with van der Waals surface area (Å²) in [5.74, 6) is 0. The molecule has 7 heteroatoms. The number of rotatable bonds is 11. The van der Waals surface area contributed by atoms with E-state index in [2.05, 4.69) is 17.0 Å². The zero-order valence-electron chi connectivity index (χ0n) is 13.0. The highest BCUT2D eigenvalue weighted by atomic mass is 32.2. The molecule has 1 atom stereocenters. The van der Waals surface area contributed by atoms with Crippen molar-refractivity contribution in [2.24, 2.45) is 0 Å². The fraction of sp³-hybridized carbons (Fsp3) is 0.714. The van der Waals surface area contributed by atoms with Gasteiger partial charge in [0.1, 0.15) is 0 Å². The van der Waals surface area contributed by atoms with Gasteiger partial charge in [0.05, 0.1) is 11.5 Å². The molecule has 1 heterocycles. The first kappa shape index (κ1) is 18.6. The van der Waals surface area contributed by atoms with Crippen LogP contribution in [0.25, 0.3) is 0 Å². The van der Waals surface area contributed by atoms with Gasteiger partial charge in [-0.2, -0.15) is 0 Å². The number of nitrogens with one attached hydrogen (secondary N) is 2. The molecule has 1 unspecified atom stereocenters. The Morgan fingerprint density at radius 2 is 2.10 bits per heavy atom. The Kier molecular flexibility index (Phi) is 8.43. The Morgan fingerprint density at radius 1 is 1.33 bits per heavy atom. The van der Waals surface area contributed by atoms with Crippen LogP contribution in [0.1, 0.15) is 38.0 Å². The molecule has 0 fully saturated rings. The number of sulfonamides is 1. The molecule has 21 heavy (non-hydrogen) atoms. The Balaban J connectivity index is 2.68. The number of ether oxygens (including phenoxy) is 1. The molecule has 0 saturated heterocycles. The van der Waals surface area contributed by atoms with Crippen molar-refractivity contribution in [2.45, 2.75) is 50.6 Å². The molecule has 0 aliphatic carbocycles. The lowest BCUT2D eigenvalue weighted by Crippen LogP contribution is -2.37. The maximum Gasteiger partial charge on any atom is 0.241 e. The Bertz CT molecular complexity index is 494. The first-order chi connectivity index (χ1) is 10.0. The lowest BCUT2D eigenvalue weighted by molar-refractivity contribution is 0.171. The summed E-state index contributed by atoms with van der Waals surface area (Å²) in [5.41, 5.74) is 0. The van der Waals surface area contributed by atoms with Crippen LogP contribution in [0.4, 0.5) is 0 Å². The van der Waals surface area contributed by atoms with Gasteiger partial charge in [0.15, 0.2) is 0 Å². The average Bonchev–Trinajstić information content (AvgIpc) is 2.89.